The number of aromatic hydroxyl groups is 1. The Balaban J connectivity index is 1.48. The van der Waals surface area contributed by atoms with E-state index >= 15 is 0 Å². The van der Waals surface area contributed by atoms with E-state index in [4.69, 9.17) is 9.47 Å². The lowest BCUT2D eigenvalue weighted by Gasteiger charge is -2.09. The van der Waals surface area contributed by atoms with E-state index < -0.39 is 0 Å². The summed E-state index contributed by atoms with van der Waals surface area (Å²) in [6.45, 7) is 0.726. The molecule has 0 aliphatic rings. The number of phenols is 1. The van der Waals surface area contributed by atoms with Crippen LogP contribution in [0.15, 0.2) is 48.5 Å². The molecule has 0 aliphatic heterocycles. The second-order valence-electron chi connectivity index (χ2n) is 7.17. The monoisotopic (exact) mass is 399 g/mol. The maximum Gasteiger partial charge on any atom is 0.219 e. The van der Waals surface area contributed by atoms with Gasteiger partial charge in [0.2, 0.25) is 5.91 Å². The number of unbranched alkanes of at least 4 members (excludes halogenated alkanes) is 7. The Morgan fingerprint density at radius 2 is 1.24 bits per heavy atom. The van der Waals surface area contributed by atoms with Gasteiger partial charge in [0.1, 0.15) is 23.0 Å². The first-order valence-electron chi connectivity index (χ1n) is 10.6. The fraction of sp³-hybridized carbons (Fsp3) is 0.458. The largest absolute Gasteiger partial charge is 0.508 e. The van der Waals surface area contributed by atoms with Gasteiger partial charge in [0.15, 0.2) is 0 Å². The summed E-state index contributed by atoms with van der Waals surface area (Å²) >= 11 is 0. The van der Waals surface area contributed by atoms with Gasteiger partial charge >= 0.3 is 0 Å². The molecule has 5 nitrogen and oxygen atoms in total. The first-order chi connectivity index (χ1) is 14.2. The van der Waals surface area contributed by atoms with E-state index in [0.717, 1.165) is 37.4 Å². The maximum atomic E-state index is 11.1. The minimum atomic E-state index is 0.143. The molecule has 2 N–H and O–H groups in total. The number of carbonyl (C=O) groups excluding carboxylic acids is 1. The topological polar surface area (TPSA) is 67.8 Å². The average Bonchev–Trinajstić information content (AvgIpc) is 2.74. The van der Waals surface area contributed by atoms with Gasteiger partial charge < -0.3 is 19.9 Å². The first-order valence-corrected chi connectivity index (χ1v) is 10.6. The van der Waals surface area contributed by atoms with Gasteiger partial charge in [-0.25, -0.2) is 0 Å². The molecule has 5 heteroatoms. The molecule has 2 aromatic rings. The molecule has 0 aromatic heterocycles. The lowest BCUT2D eigenvalue weighted by molar-refractivity contribution is -0.120. The zero-order valence-electron chi connectivity index (χ0n) is 17.4. The van der Waals surface area contributed by atoms with Crippen LogP contribution in [-0.4, -0.2) is 24.7 Å². The Morgan fingerprint density at radius 3 is 1.83 bits per heavy atom. The summed E-state index contributed by atoms with van der Waals surface area (Å²) in [6, 6.07) is 14.2. The minimum absolute atomic E-state index is 0.143. The SMILES string of the molecule is CNC(=O)CCCCCCCCCCOc1ccc(Oc2ccc(O)cc2)cc1. The quantitative estimate of drug-likeness (QED) is 0.393. The van der Waals surface area contributed by atoms with E-state index in [2.05, 4.69) is 5.32 Å². The average molecular weight is 400 g/mol. The van der Waals surface area contributed by atoms with Crippen LogP contribution in [0, 0.1) is 0 Å². The van der Waals surface area contributed by atoms with Gasteiger partial charge in [-0.2, -0.15) is 0 Å². The summed E-state index contributed by atoms with van der Waals surface area (Å²) in [4.78, 5) is 11.1. The second kappa shape index (κ2) is 13.5. The van der Waals surface area contributed by atoms with Gasteiger partial charge in [-0.15, -0.1) is 0 Å². The second-order valence-corrected chi connectivity index (χ2v) is 7.17. The molecule has 0 unspecified atom stereocenters. The van der Waals surface area contributed by atoms with Gasteiger partial charge in [0.05, 0.1) is 6.61 Å². The lowest BCUT2D eigenvalue weighted by Crippen LogP contribution is -2.16. The van der Waals surface area contributed by atoms with E-state index in [9.17, 15) is 9.90 Å². The Kier molecular flexibility index (Phi) is 10.5. The fourth-order valence-corrected chi connectivity index (χ4v) is 3.02. The van der Waals surface area contributed by atoms with Gasteiger partial charge in [0, 0.05) is 13.5 Å². The van der Waals surface area contributed by atoms with Crippen molar-refractivity contribution >= 4 is 5.91 Å². The number of phenolic OH excluding ortho intramolecular Hbond substituents is 1. The van der Waals surface area contributed by atoms with E-state index in [-0.39, 0.29) is 11.7 Å². The summed E-state index contributed by atoms with van der Waals surface area (Å²) in [7, 11) is 1.69. The molecule has 0 saturated heterocycles. The van der Waals surface area contributed by atoms with Crippen molar-refractivity contribution in [2.75, 3.05) is 13.7 Å². The maximum absolute atomic E-state index is 11.1. The Labute approximate surface area is 174 Å². The smallest absolute Gasteiger partial charge is 0.219 e. The van der Waals surface area contributed by atoms with E-state index in [0.29, 0.717) is 12.2 Å². The normalized spacial score (nSPS) is 10.5. The highest BCUT2D eigenvalue weighted by Crippen LogP contribution is 2.25. The molecular formula is C24H33NO4. The molecule has 0 atom stereocenters. The number of amides is 1. The van der Waals surface area contributed by atoms with Gasteiger partial charge in [-0.05, 0) is 61.4 Å². The number of nitrogens with one attached hydrogen (secondary N) is 1. The van der Waals surface area contributed by atoms with E-state index in [1.165, 1.54) is 32.1 Å². The third-order valence-corrected chi connectivity index (χ3v) is 4.74. The molecule has 29 heavy (non-hydrogen) atoms. The summed E-state index contributed by atoms with van der Waals surface area (Å²) in [5.74, 6) is 2.63. The molecule has 0 bridgehead atoms. The van der Waals surface area contributed by atoms with Crippen molar-refractivity contribution in [1.82, 2.24) is 5.32 Å². The predicted molar refractivity (Wildman–Crippen MR) is 116 cm³/mol. The Hall–Kier alpha value is -2.69. The molecule has 0 spiro atoms. The lowest BCUT2D eigenvalue weighted by atomic mass is 10.1. The van der Waals surface area contributed by atoms with Crippen LogP contribution in [-0.2, 0) is 4.79 Å². The van der Waals surface area contributed by atoms with Crippen molar-refractivity contribution in [2.45, 2.75) is 57.8 Å². The number of hydrogen-bond acceptors (Lipinski definition) is 4. The Bertz CT molecular complexity index is 698. The van der Waals surface area contributed by atoms with Crippen LogP contribution in [0.1, 0.15) is 57.8 Å². The van der Waals surface area contributed by atoms with Crippen molar-refractivity contribution in [2.24, 2.45) is 0 Å². The molecule has 158 valence electrons. The summed E-state index contributed by atoms with van der Waals surface area (Å²) in [6.07, 6.45) is 9.97. The highest BCUT2D eigenvalue weighted by Gasteiger charge is 2.00. The molecule has 0 radical (unpaired) electrons. The van der Waals surface area contributed by atoms with E-state index in [1.807, 2.05) is 24.3 Å². The van der Waals surface area contributed by atoms with Crippen LogP contribution in [0.2, 0.25) is 0 Å². The van der Waals surface area contributed by atoms with Crippen LogP contribution in [0.4, 0.5) is 0 Å². The zero-order chi connectivity index (χ0) is 20.7. The molecule has 0 aliphatic carbocycles. The van der Waals surface area contributed by atoms with Crippen molar-refractivity contribution in [3.63, 3.8) is 0 Å². The third-order valence-electron chi connectivity index (χ3n) is 4.74. The van der Waals surface area contributed by atoms with Crippen LogP contribution in [0.5, 0.6) is 23.0 Å². The standard InChI is InChI=1S/C24H33NO4/c1-25-24(27)10-8-6-4-2-3-5-7-9-19-28-21-15-17-23(18-16-21)29-22-13-11-20(26)12-14-22/h11-18,26H,2-10,19H2,1H3,(H,25,27). The Morgan fingerprint density at radius 1 is 0.759 bits per heavy atom. The summed E-state index contributed by atoms with van der Waals surface area (Å²) in [5.41, 5.74) is 0. The molecule has 2 aromatic carbocycles. The molecule has 2 rings (SSSR count). The van der Waals surface area contributed by atoms with Crippen LogP contribution in [0.3, 0.4) is 0 Å². The number of hydrogen-bond donors (Lipinski definition) is 2. The van der Waals surface area contributed by atoms with Crippen molar-refractivity contribution in [1.29, 1.82) is 0 Å². The highest BCUT2D eigenvalue weighted by molar-refractivity contribution is 5.75. The van der Waals surface area contributed by atoms with Crippen LogP contribution >= 0.6 is 0 Å². The summed E-state index contributed by atoms with van der Waals surface area (Å²) < 4.78 is 11.5. The van der Waals surface area contributed by atoms with Gasteiger partial charge in [0.25, 0.3) is 0 Å². The van der Waals surface area contributed by atoms with Crippen LogP contribution in [0.25, 0.3) is 0 Å². The van der Waals surface area contributed by atoms with Gasteiger partial charge in [-0.3, -0.25) is 4.79 Å². The molecule has 1 amide bonds. The minimum Gasteiger partial charge on any atom is -0.508 e. The molecular weight excluding hydrogens is 366 g/mol. The zero-order valence-corrected chi connectivity index (χ0v) is 17.4. The number of ether oxygens (including phenoxy) is 2. The predicted octanol–water partition coefficient (Wildman–Crippen LogP) is 5.82. The van der Waals surface area contributed by atoms with Crippen LogP contribution < -0.4 is 14.8 Å². The molecule has 0 heterocycles. The number of rotatable bonds is 14. The van der Waals surface area contributed by atoms with Crippen molar-refractivity contribution < 1.29 is 19.4 Å². The van der Waals surface area contributed by atoms with Crippen molar-refractivity contribution in [3.8, 4) is 23.0 Å². The first kappa shape index (κ1) is 22.6. The highest BCUT2D eigenvalue weighted by atomic mass is 16.5. The number of carbonyl (C=O) groups is 1. The molecule has 0 saturated carbocycles. The third kappa shape index (κ3) is 9.88. The molecule has 0 fully saturated rings. The number of benzene rings is 2. The van der Waals surface area contributed by atoms with Gasteiger partial charge in [-0.1, -0.05) is 38.5 Å². The van der Waals surface area contributed by atoms with Crippen molar-refractivity contribution in [3.05, 3.63) is 48.5 Å². The fourth-order valence-electron chi connectivity index (χ4n) is 3.02. The van der Waals surface area contributed by atoms with E-state index in [1.54, 1.807) is 31.3 Å². The summed E-state index contributed by atoms with van der Waals surface area (Å²) in [5, 5.41) is 12.0.